The first-order valence-corrected chi connectivity index (χ1v) is 8.63. The first kappa shape index (κ1) is 19.5. The minimum Gasteiger partial charge on any atom is -0.483 e. The molecule has 2 unspecified atom stereocenters. The van der Waals surface area contributed by atoms with E-state index in [2.05, 4.69) is 0 Å². The van der Waals surface area contributed by atoms with E-state index in [1.54, 1.807) is 32.0 Å². The Bertz CT molecular complexity index is 1030. The van der Waals surface area contributed by atoms with Crippen LogP contribution in [0.5, 0.6) is 5.75 Å². The van der Waals surface area contributed by atoms with E-state index >= 15 is 0 Å². The zero-order valence-electron chi connectivity index (χ0n) is 15.8. The molecular formula is C20H20O8. The lowest BCUT2D eigenvalue weighted by atomic mass is 9.87. The van der Waals surface area contributed by atoms with Crippen LogP contribution in [0.15, 0.2) is 45.3 Å². The van der Waals surface area contributed by atoms with Crippen LogP contribution < -0.4 is 10.4 Å². The Balaban J connectivity index is 2.28. The lowest BCUT2D eigenvalue weighted by Crippen LogP contribution is -2.51. The highest BCUT2D eigenvalue weighted by Crippen LogP contribution is 2.47. The van der Waals surface area contributed by atoms with Gasteiger partial charge in [0.25, 0.3) is 0 Å². The molecule has 8 nitrogen and oxygen atoms in total. The maximum Gasteiger partial charge on any atom is 0.370 e. The normalized spacial score (nSPS) is 20.8. The lowest BCUT2D eigenvalue weighted by molar-refractivity contribution is -0.178. The fraction of sp³-hybridized carbons (Fsp3) is 0.350. The second-order valence-corrected chi connectivity index (χ2v) is 6.88. The molecular weight excluding hydrogens is 368 g/mol. The van der Waals surface area contributed by atoms with Crippen LogP contribution >= 0.6 is 0 Å². The van der Waals surface area contributed by atoms with E-state index < -0.39 is 35.4 Å². The van der Waals surface area contributed by atoms with Gasteiger partial charge in [0.15, 0.2) is 12.2 Å². The van der Waals surface area contributed by atoms with Crippen LogP contribution in [0, 0.1) is 0 Å². The molecule has 2 atom stereocenters. The van der Waals surface area contributed by atoms with Crippen LogP contribution in [0.1, 0.15) is 39.4 Å². The number of ether oxygens (including phenoxy) is 3. The number of fused-ring (bicyclic) bond motifs is 3. The summed E-state index contributed by atoms with van der Waals surface area (Å²) >= 11 is 0. The van der Waals surface area contributed by atoms with Crippen molar-refractivity contribution in [2.24, 2.45) is 0 Å². The number of allylic oxidation sites excluding steroid dienone is 1. The molecule has 1 aromatic heterocycles. The number of carboxylic acids is 1. The molecule has 148 valence electrons. The lowest BCUT2D eigenvalue weighted by Gasteiger charge is -2.43. The molecule has 0 aliphatic carbocycles. The fourth-order valence-electron chi connectivity index (χ4n) is 3.23. The van der Waals surface area contributed by atoms with Gasteiger partial charge in [-0.15, -0.1) is 0 Å². The maximum absolute atomic E-state index is 11.8. The number of hydrogen-bond acceptors (Lipinski definition) is 7. The number of benzene rings is 1. The largest absolute Gasteiger partial charge is 0.483 e. The summed E-state index contributed by atoms with van der Waals surface area (Å²) in [4.78, 5) is 35.1. The van der Waals surface area contributed by atoms with Crippen LogP contribution in [0.3, 0.4) is 0 Å². The molecule has 0 fully saturated rings. The molecule has 3 rings (SSSR count). The summed E-state index contributed by atoms with van der Waals surface area (Å²) in [5.41, 5.74) is -1.13. The van der Waals surface area contributed by atoms with E-state index in [0.29, 0.717) is 16.7 Å². The van der Waals surface area contributed by atoms with Gasteiger partial charge < -0.3 is 23.7 Å². The van der Waals surface area contributed by atoms with Crippen molar-refractivity contribution in [1.82, 2.24) is 0 Å². The van der Waals surface area contributed by atoms with Crippen molar-refractivity contribution in [3.8, 4) is 5.75 Å². The van der Waals surface area contributed by atoms with Gasteiger partial charge in [-0.1, -0.05) is 0 Å². The van der Waals surface area contributed by atoms with Gasteiger partial charge in [-0.05, 0) is 45.0 Å². The van der Waals surface area contributed by atoms with Crippen LogP contribution in [-0.2, 0) is 19.1 Å². The molecule has 28 heavy (non-hydrogen) atoms. The van der Waals surface area contributed by atoms with Gasteiger partial charge in [0, 0.05) is 18.4 Å². The Labute approximate surface area is 160 Å². The standard InChI is InChI=1S/C20H20O8/c1-5-12(19(23)24)26-17-15-13(28-20(3,4)18(17)25-10(2)21)8-6-11-7-9-14(22)27-16(11)15/h5-9,17-18H,1-4H3,(H,23,24). The van der Waals surface area contributed by atoms with Crippen molar-refractivity contribution < 1.29 is 33.3 Å². The number of aliphatic carboxylic acids is 1. The highest BCUT2D eigenvalue weighted by molar-refractivity contribution is 5.85. The topological polar surface area (TPSA) is 112 Å². The third-order valence-electron chi connectivity index (χ3n) is 4.43. The number of hydrogen-bond donors (Lipinski definition) is 1. The number of carbonyl (C=O) groups is 2. The van der Waals surface area contributed by atoms with Gasteiger partial charge >= 0.3 is 17.6 Å². The number of rotatable bonds is 4. The first-order valence-electron chi connectivity index (χ1n) is 8.63. The number of carbonyl (C=O) groups excluding carboxylic acids is 1. The van der Waals surface area contributed by atoms with Gasteiger partial charge in [0.2, 0.25) is 5.76 Å². The third kappa shape index (κ3) is 3.45. The number of carboxylic acid groups (broad SMARTS) is 1. The van der Waals surface area contributed by atoms with E-state index in [1.165, 1.54) is 26.0 Å². The Morgan fingerprint density at radius 2 is 1.86 bits per heavy atom. The predicted molar refractivity (Wildman–Crippen MR) is 98.0 cm³/mol. The zero-order valence-corrected chi connectivity index (χ0v) is 15.8. The molecule has 1 aliphatic rings. The predicted octanol–water partition coefficient (Wildman–Crippen LogP) is 2.94. The summed E-state index contributed by atoms with van der Waals surface area (Å²) in [6, 6.07) is 6.24. The Hall–Kier alpha value is -3.29. The molecule has 1 aliphatic heterocycles. The minimum atomic E-state index is -1.28. The molecule has 2 aromatic rings. The van der Waals surface area contributed by atoms with E-state index in [4.69, 9.17) is 18.6 Å². The van der Waals surface area contributed by atoms with E-state index in [-0.39, 0.29) is 11.3 Å². The maximum atomic E-state index is 11.8. The van der Waals surface area contributed by atoms with Crippen molar-refractivity contribution in [3.63, 3.8) is 0 Å². The van der Waals surface area contributed by atoms with Crippen molar-refractivity contribution in [1.29, 1.82) is 0 Å². The fourth-order valence-corrected chi connectivity index (χ4v) is 3.23. The molecule has 0 bridgehead atoms. The second-order valence-electron chi connectivity index (χ2n) is 6.88. The van der Waals surface area contributed by atoms with Crippen LogP contribution in [0.4, 0.5) is 0 Å². The SMILES string of the molecule is CC=C(OC1c2c(ccc3ccc(=O)oc23)OC(C)(C)C1OC(C)=O)C(=O)O. The summed E-state index contributed by atoms with van der Waals surface area (Å²) in [6.07, 6.45) is -0.779. The van der Waals surface area contributed by atoms with Crippen molar-refractivity contribution in [2.75, 3.05) is 0 Å². The Morgan fingerprint density at radius 3 is 2.46 bits per heavy atom. The molecule has 8 heteroatoms. The van der Waals surface area contributed by atoms with Crippen LogP contribution in [0.2, 0.25) is 0 Å². The van der Waals surface area contributed by atoms with Gasteiger partial charge in [-0.3, -0.25) is 4.79 Å². The van der Waals surface area contributed by atoms with E-state index in [1.807, 2.05) is 0 Å². The first-order chi connectivity index (χ1) is 13.1. The molecule has 1 aromatic carbocycles. The smallest absolute Gasteiger partial charge is 0.370 e. The van der Waals surface area contributed by atoms with Gasteiger partial charge in [0.1, 0.15) is 16.9 Å². The Morgan fingerprint density at radius 1 is 1.18 bits per heavy atom. The van der Waals surface area contributed by atoms with Crippen LogP contribution in [0.25, 0.3) is 11.0 Å². The summed E-state index contributed by atoms with van der Waals surface area (Å²) in [5, 5.41) is 9.99. The third-order valence-corrected chi connectivity index (χ3v) is 4.43. The molecule has 0 saturated heterocycles. The summed E-state index contributed by atoms with van der Waals surface area (Å²) < 4.78 is 22.6. The van der Waals surface area contributed by atoms with Gasteiger partial charge in [-0.25, -0.2) is 9.59 Å². The molecule has 2 heterocycles. The van der Waals surface area contributed by atoms with Crippen molar-refractivity contribution in [3.05, 3.63) is 52.1 Å². The van der Waals surface area contributed by atoms with Crippen LogP contribution in [-0.4, -0.2) is 28.8 Å². The molecule has 0 saturated carbocycles. The minimum absolute atomic E-state index is 0.184. The molecule has 0 amide bonds. The molecule has 0 spiro atoms. The summed E-state index contributed by atoms with van der Waals surface area (Å²) in [6.45, 7) is 6.14. The second kappa shape index (κ2) is 7.03. The zero-order chi connectivity index (χ0) is 20.6. The summed E-state index contributed by atoms with van der Waals surface area (Å²) in [7, 11) is 0. The van der Waals surface area contributed by atoms with Crippen molar-refractivity contribution >= 4 is 22.9 Å². The highest BCUT2D eigenvalue weighted by Gasteiger charge is 2.49. The number of esters is 1. The quantitative estimate of drug-likeness (QED) is 0.368. The average Bonchev–Trinajstić information content (AvgIpc) is 2.60. The van der Waals surface area contributed by atoms with E-state index in [0.717, 1.165) is 0 Å². The average molecular weight is 388 g/mol. The Kier molecular flexibility index (Phi) is 4.89. The monoisotopic (exact) mass is 388 g/mol. The van der Waals surface area contributed by atoms with Crippen molar-refractivity contribution in [2.45, 2.75) is 45.5 Å². The highest BCUT2D eigenvalue weighted by atomic mass is 16.6. The summed E-state index contributed by atoms with van der Waals surface area (Å²) in [5.74, 6) is -1.85. The van der Waals surface area contributed by atoms with Gasteiger partial charge in [-0.2, -0.15) is 0 Å². The van der Waals surface area contributed by atoms with E-state index in [9.17, 15) is 19.5 Å². The molecule has 1 N–H and O–H groups in total. The molecule has 0 radical (unpaired) electrons. The van der Waals surface area contributed by atoms with Gasteiger partial charge in [0.05, 0.1) is 5.56 Å².